The van der Waals surface area contributed by atoms with Crippen LogP contribution < -0.4 is 5.32 Å². The first-order valence-electron chi connectivity index (χ1n) is 7.23. The molecule has 0 aliphatic carbocycles. The van der Waals surface area contributed by atoms with Gasteiger partial charge in [-0.25, -0.2) is 0 Å². The lowest BCUT2D eigenvalue weighted by Crippen LogP contribution is -2.17. The van der Waals surface area contributed by atoms with Gasteiger partial charge in [0.25, 0.3) is 0 Å². The normalized spacial score (nSPS) is 12.7. The van der Waals surface area contributed by atoms with Crippen molar-refractivity contribution in [3.63, 3.8) is 0 Å². The molecule has 1 N–H and O–H groups in total. The Kier molecular flexibility index (Phi) is 5.28. The first-order valence-corrected chi connectivity index (χ1v) is 7.23. The van der Waals surface area contributed by atoms with E-state index in [2.05, 4.69) is 34.3 Å². The van der Waals surface area contributed by atoms with Crippen molar-refractivity contribution in [3.05, 3.63) is 36.2 Å². The molecule has 0 bridgehead atoms. The van der Waals surface area contributed by atoms with Crippen LogP contribution in [-0.4, -0.2) is 17.0 Å². The van der Waals surface area contributed by atoms with E-state index in [1.54, 1.807) is 12.4 Å². The molecule has 0 radical (unpaired) electrons. The third kappa shape index (κ3) is 3.51. The molecule has 2 aromatic rings. The molecule has 1 atom stereocenters. The van der Waals surface area contributed by atoms with Crippen molar-refractivity contribution in [3.8, 4) is 0 Å². The van der Waals surface area contributed by atoms with E-state index in [1.807, 2.05) is 13.1 Å². The smallest absolute Gasteiger partial charge is 0.0934 e. The summed E-state index contributed by atoms with van der Waals surface area (Å²) in [5.74, 6) is 0. The van der Waals surface area contributed by atoms with Crippen LogP contribution in [0.15, 0.2) is 30.6 Å². The van der Waals surface area contributed by atoms with Gasteiger partial charge in [0.15, 0.2) is 0 Å². The van der Waals surface area contributed by atoms with E-state index in [0.717, 1.165) is 17.5 Å². The molecule has 0 aliphatic rings. The molecule has 1 heterocycles. The van der Waals surface area contributed by atoms with Gasteiger partial charge < -0.3 is 5.32 Å². The van der Waals surface area contributed by atoms with E-state index in [0.29, 0.717) is 6.04 Å². The molecular weight excluding hydrogens is 234 g/mol. The summed E-state index contributed by atoms with van der Waals surface area (Å²) in [5.41, 5.74) is 3.28. The van der Waals surface area contributed by atoms with Crippen LogP contribution in [0.4, 0.5) is 0 Å². The Morgan fingerprint density at radius 3 is 2.74 bits per heavy atom. The fourth-order valence-corrected chi connectivity index (χ4v) is 2.53. The molecule has 3 heteroatoms. The van der Waals surface area contributed by atoms with E-state index in [4.69, 9.17) is 0 Å². The number of fused-ring (bicyclic) bond motifs is 1. The van der Waals surface area contributed by atoms with Crippen LogP contribution in [0.2, 0.25) is 0 Å². The molecule has 0 saturated carbocycles. The number of hydrogen-bond donors (Lipinski definition) is 1. The van der Waals surface area contributed by atoms with Crippen molar-refractivity contribution < 1.29 is 0 Å². The fourth-order valence-electron chi connectivity index (χ4n) is 2.53. The van der Waals surface area contributed by atoms with Crippen molar-refractivity contribution in [1.29, 1.82) is 0 Å². The average Bonchev–Trinajstić information content (AvgIpc) is 2.47. The van der Waals surface area contributed by atoms with Crippen molar-refractivity contribution in [1.82, 2.24) is 15.3 Å². The quantitative estimate of drug-likeness (QED) is 0.765. The molecule has 2 rings (SSSR count). The predicted molar refractivity (Wildman–Crippen MR) is 80.1 cm³/mol. The van der Waals surface area contributed by atoms with Crippen LogP contribution >= 0.6 is 0 Å². The fraction of sp³-hybridized carbons (Fsp3) is 0.500. The Balaban J connectivity index is 2.16. The summed E-state index contributed by atoms with van der Waals surface area (Å²) >= 11 is 0. The molecular formula is C16H23N3. The van der Waals surface area contributed by atoms with Gasteiger partial charge in [-0.2, -0.15) is 0 Å². The highest BCUT2D eigenvalue weighted by atomic mass is 14.9. The third-order valence-electron chi connectivity index (χ3n) is 3.60. The zero-order valence-electron chi connectivity index (χ0n) is 11.9. The number of aromatic nitrogens is 2. The topological polar surface area (TPSA) is 37.8 Å². The Labute approximate surface area is 115 Å². The van der Waals surface area contributed by atoms with Gasteiger partial charge in [0.05, 0.1) is 11.0 Å². The van der Waals surface area contributed by atoms with Crippen molar-refractivity contribution in [2.75, 3.05) is 7.05 Å². The summed E-state index contributed by atoms with van der Waals surface area (Å²) in [6.07, 6.45) is 9.86. The van der Waals surface area contributed by atoms with Crippen molar-refractivity contribution >= 4 is 11.0 Å². The van der Waals surface area contributed by atoms with Crippen LogP contribution in [0.5, 0.6) is 0 Å². The lowest BCUT2D eigenvalue weighted by atomic mass is 9.99. The van der Waals surface area contributed by atoms with Gasteiger partial charge in [-0.05, 0) is 25.1 Å². The molecule has 1 aromatic heterocycles. The summed E-state index contributed by atoms with van der Waals surface area (Å²) in [5, 5.41) is 3.42. The van der Waals surface area contributed by atoms with E-state index >= 15 is 0 Å². The van der Waals surface area contributed by atoms with Crippen molar-refractivity contribution in [2.45, 2.75) is 45.1 Å². The molecule has 102 valence electrons. The summed E-state index contributed by atoms with van der Waals surface area (Å²) in [7, 11) is 2.03. The second-order valence-corrected chi connectivity index (χ2v) is 4.96. The number of hydrogen-bond acceptors (Lipinski definition) is 3. The SMILES string of the molecule is CCCCCCC(NC)c1cccc2nccnc12. The van der Waals surface area contributed by atoms with Crippen molar-refractivity contribution in [2.24, 2.45) is 0 Å². The third-order valence-corrected chi connectivity index (χ3v) is 3.60. The summed E-state index contributed by atoms with van der Waals surface area (Å²) in [6.45, 7) is 2.25. The van der Waals surface area contributed by atoms with E-state index in [-0.39, 0.29) is 0 Å². The lowest BCUT2D eigenvalue weighted by Gasteiger charge is -2.17. The van der Waals surface area contributed by atoms with Gasteiger partial charge in [0.1, 0.15) is 0 Å². The van der Waals surface area contributed by atoms with E-state index < -0.39 is 0 Å². The number of nitrogens with one attached hydrogen (secondary N) is 1. The summed E-state index contributed by atoms with van der Waals surface area (Å²) in [6, 6.07) is 6.63. The summed E-state index contributed by atoms with van der Waals surface area (Å²) in [4.78, 5) is 8.87. The molecule has 0 aliphatic heterocycles. The number of para-hydroxylation sites is 1. The number of unbranched alkanes of at least 4 members (excludes halogenated alkanes) is 3. The minimum absolute atomic E-state index is 0.372. The minimum Gasteiger partial charge on any atom is -0.313 e. The molecule has 1 aromatic carbocycles. The standard InChI is InChI=1S/C16H23N3/c1-3-4-5-6-9-14(17-2)13-8-7-10-15-16(13)19-12-11-18-15/h7-8,10-12,14,17H,3-6,9H2,1-2H3. The number of nitrogens with zero attached hydrogens (tertiary/aromatic N) is 2. The van der Waals surface area contributed by atoms with Crippen LogP contribution in [0.3, 0.4) is 0 Å². The first kappa shape index (κ1) is 13.9. The zero-order valence-corrected chi connectivity index (χ0v) is 11.9. The molecule has 3 nitrogen and oxygen atoms in total. The van der Waals surface area contributed by atoms with E-state index in [9.17, 15) is 0 Å². The van der Waals surface area contributed by atoms with Crippen LogP contribution in [-0.2, 0) is 0 Å². The number of rotatable bonds is 7. The molecule has 19 heavy (non-hydrogen) atoms. The maximum Gasteiger partial charge on any atom is 0.0934 e. The predicted octanol–water partition coefficient (Wildman–Crippen LogP) is 3.86. The van der Waals surface area contributed by atoms with Gasteiger partial charge in [-0.3, -0.25) is 9.97 Å². The summed E-state index contributed by atoms with van der Waals surface area (Å²) < 4.78 is 0. The molecule has 0 spiro atoms. The molecule has 0 amide bonds. The van der Waals surface area contributed by atoms with E-state index in [1.165, 1.54) is 31.2 Å². The van der Waals surface area contributed by atoms with Gasteiger partial charge in [-0.15, -0.1) is 0 Å². The van der Waals surface area contributed by atoms with Crippen LogP contribution in [0, 0.1) is 0 Å². The lowest BCUT2D eigenvalue weighted by molar-refractivity contribution is 0.507. The second-order valence-electron chi connectivity index (χ2n) is 4.96. The van der Waals surface area contributed by atoms with Crippen LogP contribution in [0.25, 0.3) is 11.0 Å². The highest BCUT2D eigenvalue weighted by molar-refractivity contribution is 5.78. The molecule has 0 fully saturated rings. The zero-order chi connectivity index (χ0) is 13.5. The van der Waals surface area contributed by atoms with Gasteiger partial charge >= 0.3 is 0 Å². The van der Waals surface area contributed by atoms with Gasteiger partial charge in [0.2, 0.25) is 0 Å². The van der Waals surface area contributed by atoms with Gasteiger partial charge in [-0.1, -0.05) is 44.7 Å². The second kappa shape index (κ2) is 7.19. The maximum atomic E-state index is 4.49. The number of benzene rings is 1. The molecule has 1 unspecified atom stereocenters. The maximum absolute atomic E-state index is 4.49. The Morgan fingerprint density at radius 2 is 1.95 bits per heavy atom. The largest absolute Gasteiger partial charge is 0.313 e. The van der Waals surface area contributed by atoms with Gasteiger partial charge in [0, 0.05) is 18.4 Å². The monoisotopic (exact) mass is 257 g/mol. The Hall–Kier alpha value is -1.48. The highest BCUT2D eigenvalue weighted by Gasteiger charge is 2.13. The minimum atomic E-state index is 0.372. The average molecular weight is 257 g/mol. The van der Waals surface area contributed by atoms with Crippen LogP contribution in [0.1, 0.15) is 50.6 Å². The highest BCUT2D eigenvalue weighted by Crippen LogP contribution is 2.25. The molecule has 0 saturated heterocycles. The Bertz CT molecular complexity index is 505. The first-order chi connectivity index (χ1) is 9.36. The Morgan fingerprint density at radius 1 is 1.11 bits per heavy atom.